The first-order valence-electron chi connectivity index (χ1n) is 25.0. The van der Waals surface area contributed by atoms with Crippen molar-refractivity contribution in [1.82, 2.24) is 0 Å². The molecule has 4 aliphatic heterocycles. The summed E-state index contributed by atoms with van der Waals surface area (Å²) in [6.45, 7) is 43.5. The SMILES string of the molecule is CC(C)(C)c1ccc(N2c3ccc(C(C)(C)C)cc3B3c4cc5c6cc4N(c4ccc(C(C)(C)C)cc4-c4ccc(cc4)C(C)(C)C(CC5(C)C)C6(C)C)c4cc(C(C)(C)C)cc2c43)cc1. The monoisotopic (exact) mass is 871 g/mol. The Balaban J connectivity index is 1.40. The van der Waals surface area contributed by atoms with Gasteiger partial charge in [0.05, 0.1) is 5.69 Å². The molecule has 1 aliphatic carbocycles. The van der Waals surface area contributed by atoms with Gasteiger partial charge in [-0.25, -0.2) is 0 Å². The van der Waals surface area contributed by atoms with Gasteiger partial charge in [0.25, 0.3) is 6.71 Å². The lowest BCUT2D eigenvalue weighted by Gasteiger charge is -2.54. The van der Waals surface area contributed by atoms with E-state index in [0.29, 0.717) is 5.92 Å². The minimum atomic E-state index is -0.112. The fraction of sp³-hybridized carbons (Fsp3) is 0.429. The van der Waals surface area contributed by atoms with E-state index in [-0.39, 0.29) is 44.6 Å². The minimum absolute atomic E-state index is 0.0183. The maximum atomic E-state index is 2.73. The van der Waals surface area contributed by atoms with Crippen LogP contribution in [0.25, 0.3) is 11.1 Å². The van der Waals surface area contributed by atoms with Crippen LogP contribution < -0.4 is 26.2 Å². The Kier molecular flexibility index (Phi) is 9.52. The van der Waals surface area contributed by atoms with Crippen molar-refractivity contribution < 1.29 is 0 Å². The van der Waals surface area contributed by atoms with Crippen molar-refractivity contribution in [1.29, 1.82) is 0 Å². The van der Waals surface area contributed by atoms with E-state index in [2.05, 4.69) is 244 Å². The molecule has 0 saturated carbocycles. The van der Waals surface area contributed by atoms with Crippen molar-refractivity contribution in [3.8, 4) is 11.1 Å². The number of hydrogen-bond donors (Lipinski definition) is 0. The second kappa shape index (κ2) is 14.0. The molecule has 3 heteroatoms. The first-order chi connectivity index (χ1) is 30.5. The number of benzene rings is 6. The Morgan fingerprint density at radius 1 is 0.439 bits per heavy atom. The van der Waals surface area contributed by atoms with Crippen LogP contribution in [0.4, 0.5) is 34.1 Å². The zero-order valence-electron chi connectivity index (χ0n) is 43.6. The summed E-state index contributed by atoms with van der Waals surface area (Å²) in [6.07, 6.45) is 1.12. The first-order valence-corrected chi connectivity index (χ1v) is 25.0. The quantitative estimate of drug-likeness (QED) is 0.152. The topological polar surface area (TPSA) is 6.48 Å². The first kappa shape index (κ1) is 44.8. The van der Waals surface area contributed by atoms with Gasteiger partial charge in [0.1, 0.15) is 0 Å². The molecule has 0 N–H and O–H groups in total. The van der Waals surface area contributed by atoms with Crippen LogP contribution in [0.3, 0.4) is 0 Å². The number of hydrogen-bond acceptors (Lipinski definition) is 2. The fourth-order valence-corrected chi connectivity index (χ4v) is 12.6. The van der Waals surface area contributed by atoms with E-state index in [1.807, 2.05) is 0 Å². The third kappa shape index (κ3) is 6.70. The molecule has 340 valence electrons. The van der Waals surface area contributed by atoms with Gasteiger partial charge < -0.3 is 9.80 Å². The minimum Gasteiger partial charge on any atom is -0.311 e. The van der Waals surface area contributed by atoms with E-state index < -0.39 is 0 Å². The zero-order valence-corrected chi connectivity index (χ0v) is 43.6. The Morgan fingerprint density at radius 2 is 0.955 bits per heavy atom. The second-order valence-corrected chi connectivity index (χ2v) is 26.7. The molecule has 4 heterocycles. The van der Waals surface area contributed by atoms with Crippen LogP contribution >= 0.6 is 0 Å². The summed E-state index contributed by atoms with van der Waals surface area (Å²) in [5.74, 6) is 0.415. The van der Waals surface area contributed by atoms with Gasteiger partial charge in [-0.2, -0.15) is 0 Å². The van der Waals surface area contributed by atoms with Gasteiger partial charge in [-0.05, 0) is 160 Å². The summed E-state index contributed by atoms with van der Waals surface area (Å²) in [5, 5.41) is 0. The summed E-state index contributed by atoms with van der Waals surface area (Å²) in [6, 6.07) is 44.6. The molecule has 1 atom stereocenters. The third-order valence-corrected chi connectivity index (χ3v) is 16.9. The third-order valence-electron chi connectivity index (χ3n) is 16.9. The van der Waals surface area contributed by atoms with Crippen LogP contribution in [0.5, 0.6) is 0 Å². The largest absolute Gasteiger partial charge is 0.311 e. The Hall–Kier alpha value is -5.02. The second-order valence-electron chi connectivity index (χ2n) is 26.7. The van der Waals surface area contributed by atoms with Gasteiger partial charge in [0, 0.05) is 34.0 Å². The van der Waals surface area contributed by atoms with Crippen LogP contribution in [0, 0.1) is 5.92 Å². The van der Waals surface area contributed by atoms with E-state index in [9.17, 15) is 0 Å². The van der Waals surface area contributed by atoms with Crippen molar-refractivity contribution in [3.05, 3.63) is 148 Å². The molecule has 11 rings (SSSR count). The molecular weight excluding hydrogens is 796 g/mol. The molecule has 6 aromatic carbocycles. The molecule has 0 fully saturated rings. The van der Waals surface area contributed by atoms with E-state index >= 15 is 0 Å². The lowest BCUT2D eigenvalue weighted by molar-refractivity contribution is 0.134. The Labute approximate surface area is 399 Å². The van der Waals surface area contributed by atoms with E-state index in [0.717, 1.165) is 6.42 Å². The van der Waals surface area contributed by atoms with Gasteiger partial charge in [0.2, 0.25) is 0 Å². The highest BCUT2D eigenvalue weighted by Gasteiger charge is 2.53. The molecule has 0 aromatic heterocycles. The van der Waals surface area contributed by atoms with Crippen LogP contribution in [-0.2, 0) is 37.9 Å². The van der Waals surface area contributed by atoms with Crippen LogP contribution in [-0.4, -0.2) is 6.71 Å². The molecule has 1 unspecified atom stereocenters. The van der Waals surface area contributed by atoms with Crippen molar-refractivity contribution in [2.24, 2.45) is 5.92 Å². The van der Waals surface area contributed by atoms with Crippen molar-refractivity contribution in [2.45, 2.75) is 169 Å². The van der Waals surface area contributed by atoms with Crippen molar-refractivity contribution in [3.63, 3.8) is 0 Å². The average molecular weight is 871 g/mol. The molecule has 6 aromatic rings. The van der Waals surface area contributed by atoms with E-state index in [4.69, 9.17) is 0 Å². The van der Waals surface area contributed by atoms with Crippen LogP contribution in [0.15, 0.2) is 109 Å². The van der Waals surface area contributed by atoms with Crippen LogP contribution in [0.1, 0.15) is 170 Å². The van der Waals surface area contributed by atoms with Gasteiger partial charge >= 0.3 is 0 Å². The highest BCUT2D eigenvalue weighted by atomic mass is 15.2. The summed E-state index contributed by atoms with van der Waals surface area (Å²) in [7, 11) is 0. The van der Waals surface area contributed by atoms with Crippen LogP contribution in [0.2, 0.25) is 0 Å². The zero-order chi connectivity index (χ0) is 47.6. The average Bonchev–Trinajstić information content (AvgIpc) is 3.22. The molecule has 5 bridgehead atoms. The predicted molar refractivity (Wildman–Crippen MR) is 288 cm³/mol. The number of anilines is 6. The highest BCUT2D eigenvalue weighted by Crippen LogP contribution is 2.58. The van der Waals surface area contributed by atoms with Gasteiger partial charge in [-0.1, -0.05) is 185 Å². The molecule has 0 spiro atoms. The maximum Gasteiger partial charge on any atom is 0.252 e. The summed E-state index contributed by atoms with van der Waals surface area (Å²) in [5.41, 5.74) is 23.9. The summed E-state index contributed by atoms with van der Waals surface area (Å²) >= 11 is 0. The smallest absolute Gasteiger partial charge is 0.252 e. The highest BCUT2D eigenvalue weighted by molar-refractivity contribution is 7.00. The molecule has 5 aliphatic rings. The predicted octanol–water partition coefficient (Wildman–Crippen LogP) is 15.5. The molecule has 2 nitrogen and oxygen atoms in total. The van der Waals surface area contributed by atoms with E-state index in [1.54, 1.807) is 0 Å². The molecule has 0 saturated heterocycles. The van der Waals surface area contributed by atoms with Gasteiger partial charge in [-0.3, -0.25) is 0 Å². The number of nitrogens with zero attached hydrogens (tertiary/aromatic N) is 2. The lowest BCUT2D eigenvalue weighted by atomic mass is 9.32. The number of rotatable bonds is 1. The molecule has 0 amide bonds. The molecule has 0 radical (unpaired) electrons. The van der Waals surface area contributed by atoms with Crippen molar-refractivity contribution >= 4 is 57.2 Å². The van der Waals surface area contributed by atoms with Gasteiger partial charge in [0.15, 0.2) is 0 Å². The molecular formula is C63H75BN2. The molecule has 66 heavy (non-hydrogen) atoms. The standard InChI is InChI=1S/C63H75BN2/c1-57(2,3)39-23-27-44(28-24-39)65-51-30-26-42(59(7,8)9)32-48(51)64-49-35-46-47-36-52(49)66(54-34-43(60(10,11)12)33-53(65)56(54)64)50-29-25-41(58(4,5)6)31-45(50)38-19-21-40(22-20-38)62(15,16)55(63(47,17)18)37-61(46,13)14/h19-36,55H,37H2,1-18H3. The Morgan fingerprint density at radius 3 is 1.53 bits per heavy atom. The van der Waals surface area contributed by atoms with Gasteiger partial charge in [-0.15, -0.1) is 0 Å². The number of fused-ring (bicyclic) bond motifs is 5. The fourth-order valence-electron chi connectivity index (χ4n) is 12.6. The summed E-state index contributed by atoms with van der Waals surface area (Å²) in [4.78, 5) is 5.34. The summed E-state index contributed by atoms with van der Waals surface area (Å²) < 4.78 is 0. The maximum absolute atomic E-state index is 2.73. The van der Waals surface area contributed by atoms with Crippen molar-refractivity contribution in [2.75, 3.05) is 9.80 Å². The lowest BCUT2D eigenvalue weighted by Crippen LogP contribution is -2.62. The Bertz CT molecular complexity index is 2950. The normalized spacial score (nSPS) is 18.8. The van der Waals surface area contributed by atoms with E-state index in [1.165, 1.54) is 101 Å².